The predicted molar refractivity (Wildman–Crippen MR) is 29.0 cm³/mol. The zero-order valence-electron chi connectivity index (χ0n) is 4.60. The number of hydrogen-bond donors (Lipinski definition) is 0. The molecule has 0 bridgehead atoms. The van der Waals surface area contributed by atoms with Crippen LogP contribution in [0.4, 0.5) is 0 Å². The molecule has 0 saturated carbocycles. The molecule has 2 radical (unpaired) electrons. The lowest BCUT2D eigenvalue weighted by Gasteiger charge is -1.99. The monoisotopic (exact) mass is 96.1 g/mol. The van der Waals surface area contributed by atoms with Crippen LogP contribution in [0, 0.1) is 6.67 Å². The minimum absolute atomic E-state index is 0.944. The summed E-state index contributed by atoms with van der Waals surface area (Å²) >= 11 is 0. The van der Waals surface area contributed by atoms with E-state index < -0.39 is 0 Å². The highest BCUT2D eigenvalue weighted by Crippen LogP contribution is 1.99. The molecule has 0 unspecified atom stereocenters. The smallest absolute Gasteiger partial charge is 0.198 e. The fourth-order valence-corrected chi connectivity index (χ4v) is 0.585. The molecule has 38 valence electrons. The van der Waals surface area contributed by atoms with Crippen LogP contribution >= 0.6 is 0 Å². The zero-order valence-corrected chi connectivity index (χ0v) is 4.60. The maximum atomic E-state index is 3.91. The van der Waals surface area contributed by atoms with Crippen LogP contribution in [0.3, 0.4) is 0 Å². The maximum Gasteiger partial charge on any atom is 0.198 e. The van der Waals surface area contributed by atoms with Crippen molar-refractivity contribution >= 4 is 5.71 Å². The molecule has 0 fully saturated rings. The lowest BCUT2D eigenvalue weighted by molar-refractivity contribution is 0.487. The summed E-state index contributed by atoms with van der Waals surface area (Å²) < 4.78 is 0. The van der Waals surface area contributed by atoms with E-state index in [0.29, 0.717) is 0 Å². The van der Waals surface area contributed by atoms with Crippen molar-refractivity contribution in [2.45, 2.75) is 6.92 Å². The van der Waals surface area contributed by atoms with E-state index >= 15 is 0 Å². The van der Waals surface area contributed by atoms with Crippen LogP contribution in [-0.2, 0) is 0 Å². The number of aliphatic imine (C=N–C) groups is 1. The van der Waals surface area contributed by atoms with E-state index in [9.17, 15) is 0 Å². The second-order valence-corrected chi connectivity index (χ2v) is 1.80. The Kier molecular flexibility index (Phi) is 1.11. The molecule has 0 aromatic carbocycles. The van der Waals surface area contributed by atoms with Gasteiger partial charge in [0, 0.05) is 12.3 Å². The van der Waals surface area contributed by atoms with Crippen molar-refractivity contribution in [2.75, 3.05) is 13.6 Å². The van der Waals surface area contributed by atoms with Crippen LogP contribution < -0.4 is 0 Å². The normalized spacial score (nSPS) is 22.9. The first-order valence-corrected chi connectivity index (χ1v) is 2.29. The van der Waals surface area contributed by atoms with Crippen LogP contribution in [0.5, 0.6) is 0 Å². The summed E-state index contributed by atoms with van der Waals surface area (Å²) in [4.78, 5) is 5.84. The molecule has 2 nitrogen and oxygen atoms in total. The highest BCUT2D eigenvalue weighted by atomic mass is 15.2. The van der Waals surface area contributed by atoms with Crippen molar-refractivity contribution in [1.82, 2.24) is 4.90 Å². The van der Waals surface area contributed by atoms with E-state index in [4.69, 9.17) is 0 Å². The number of hydrogen-bond acceptors (Lipinski definition) is 2. The van der Waals surface area contributed by atoms with Gasteiger partial charge in [0.05, 0.1) is 0 Å². The number of nitrogens with zero attached hydrogens (tertiary/aromatic N) is 2. The van der Waals surface area contributed by atoms with E-state index in [0.717, 1.165) is 12.3 Å². The van der Waals surface area contributed by atoms with Crippen LogP contribution in [0.25, 0.3) is 0 Å². The van der Waals surface area contributed by atoms with Crippen LogP contribution in [0.15, 0.2) is 4.99 Å². The average Bonchev–Trinajstić information content (AvgIpc) is 1.87. The van der Waals surface area contributed by atoms with Crippen molar-refractivity contribution in [1.29, 1.82) is 0 Å². The Morgan fingerprint density at radius 2 is 2.57 bits per heavy atom. The molecule has 0 spiro atoms. The molecule has 0 atom stereocenters. The minimum Gasteiger partial charge on any atom is -0.270 e. The highest BCUT2D eigenvalue weighted by molar-refractivity contribution is 5.85. The summed E-state index contributed by atoms with van der Waals surface area (Å²) in [5.74, 6) is 0. The molecule has 2 heteroatoms. The zero-order chi connectivity index (χ0) is 5.28. The third kappa shape index (κ3) is 0.996. The summed E-state index contributed by atoms with van der Waals surface area (Å²) in [6.45, 7) is 5.73. The van der Waals surface area contributed by atoms with E-state index in [1.165, 1.54) is 0 Å². The van der Waals surface area contributed by atoms with Gasteiger partial charge in [-0.1, -0.05) is 0 Å². The second kappa shape index (κ2) is 1.62. The quantitative estimate of drug-likeness (QED) is 0.426. The molecular formula is C5H8N2. The van der Waals surface area contributed by atoms with Crippen molar-refractivity contribution in [3.05, 3.63) is 6.67 Å². The van der Waals surface area contributed by atoms with Gasteiger partial charge in [-0.15, -0.1) is 0 Å². The van der Waals surface area contributed by atoms with Gasteiger partial charge in [0.25, 0.3) is 0 Å². The Hall–Kier alpha value is -0.370. The van der Waals surface area contributed by atoms with Gasteiger partial charge in [0.15, 0.2) is 6.67 Å². The first-order chi connectivity index (χ1) is 3.29. The topological polar surface area (TPSA) is 15.6 Å². The van der Waals surface area contributed by atoms with Crippen molar-refractivity contribution < 1.29 is 0 Å². The third-order valence-corrected chi connectivity index (χ3v) is 0.878. The molecular weight excluding hydrogens is 88.1 g/mol. The van der Waals surface area contributed by atoms with Crippen molar-refractivity contribution in [3.63, 3.8) is 0 Å². The van der Waals surface area contributed by atoms with Crippen LogP contribution in [0.1, 0.15) is 6.92 Å². The van der Waals surface area contributed by atoms with Gasteiger partial charge in [0.1, 0.15) is 0 Å². The lowest BCUT2D eigenvalue weighted by Crippen LogP contribution is -2.12. The van der Waals surface area contributed by atoms with E-state index in [2.05, 4.69) is 11.7 Å². The molecule has 0 aromatic heterocycles. The van der Waals surface area contributed by atoms with E-state index in [-0.39, 0.29) is 0 Å². The summed E-state index contributed by atoms with van der Waals surface area (Å²) in [5.41, 5.74) is 1.14. The van der Waals surface area contributed by atoms with Crippen molar-refractivity contribution in [2.24, 2.45) is 4.99 Å². The fourth-order valence-electron chi connectivity index (χ4n) is 0.585. The first kappa shape index (κ1) is 4.78. The predicted octanol–water partition coefficient (Wildman–Crippen LogP) is 0.389. The lowest BCUT2D eigenvalue weighted by atomic mass is 10.4. The molecule has 0 aromatic rings. The highest BCUT2D eigenvalue weighted by Gasteiger charge is 2.06. The van der Waals surface area contributed by atoms with Gasteiger partial charge in [-0.25, -0.2) is 0 Å². The fraction of sp³-hybridized carbons (Fsp3) is 0.600. The van der Waals surface area contributed by atoms with Crippen LogP contribution in [0.2, 0.25) is 0 Å². The summed E-state index contributed by atoms with van der Waals surface area (Å²) in [7, 11) is 1.96. The molecule has 1 heterocycles. The van der Waals surface area contributed by atoms with E-state index in [1.807, 2.05) is 18.9 Å². The van der Waals surface area contributed by atoms with Gasteiger partial charge in [-0.3, -0.25) is 9.89 Å². The molecule has 0 aliphatic carbocycles. The Balaban J connectivity index is 2.42. The van der Waals surface area contributed by atoms with Crippen molar-refractivity contribution in [3.8, 4) is 0 Å². The van der Waals surface area contributed by atoms with Gasteiger partial charge < -0.3 is 0 Å². The summed E-state index contributed by atoms with van der Waals surface area (Å²) in [6.07, 6.45) is 0. The molecule has 0 amide bonds. The molecule has 1 aliphatic heterocycles. The minimum atomic E-state index is 0.944. The molecule has 0 saturated heterocycles. The molecule has 7 heavy (non-hydrogen) atoms. The largest absolute Gasteiger partial charge is 0.270 e. The summed E-state index contributed by atoms with van der Waals surface area (Å²) in [6, 6.07) is 0. The second-order valence-electron chi connectivity index (χ2n) is 1.80. The molecule has 0 N–H and O–H groups in total. The van der Waals surface area contributed by atoms with Gasteiger partial charge >= 0.3 is 0 Å². The molecule has 1 aliphatic rings. The van der Waals surface area contributed by atoms with Crippen LogP contribution in [-0.4, -0.2) is 24.2 Å². The average molecular weight is 96.1 g/mol. The Morgan fingerprint density at radius 3 is 2.71 bits per heavy atom. The summed E-state index contributed by atoms with van der Waals surface area (Å²) in [5, 5.41) is 0. The van der Waals surface area contributed by atoms with E-state index in [1.54, 1.807) is 0 Å². The SMILES string of the molecule is CC1=N[C]N(C)C1. The van der Waals surface area contributed by atoms with Gasteiger partial charge in [0.2, 0.25) is 0 Å². The Labute approximate surface area is 43.8 Å². The van der Waals surface area contributed by atoms with Gasteiger partial charge in [-0.05, 0) is 14.0 Å². The number of rotatable bonds is 0. The Morgan fingerprint density at radius 1 is 1.86 bits per heavy atom. The Bertz CT molecular complexity index is 96.3. The third-order valence-electron chi connectivity index (χ3n) is 0.878. The molecule has 1 rings (SSSR count). The first-order valence-electron chi connectivity index (χ1n) is 2.29. The standard InChI is InChI=1S/C5H8N2/c1-5-3-7(2)4-6-5/h3H2,1-2H3. The maximum absolute atomic E-state index is 3.91. The van der Waals surface area contributed by atoms with Gasteiger partial charge in [-0.2, -0.15) is 0 Å².